The van der Waals surface area contributed by atoms with Crippen LogP contribution < -0.4 is 5.32 Å². The third-order valence-electron chi connectivity index (χ3n) is 3.71. The van der Waals surface area contributed by atoms with Gasteiger partial charge in [0, 0.05) is 6.04 Å². The van der Waals surface area contributed by atoms with E-state index in [1.54, 1.807) is 11.8 Å². The largest absolute Gasteiger partial charge is 0.464 e. The van der Waals surface area contributed by atoms with Gasteiger partial charge in [-0.2, -0.15) is 11.8 Å². The van der Waals surface area contributed by atoms with E-state index in [0.717, 1.165) is 29.7 Å². The molecule has 2 rings (SSSR count). The van der Waals surface area contributed by atoms with E-state index >= 15 is 0 Å². The van der Waals surface area contributed by atoms with Gasteiger partial charge in [0.25, 0.3) is 0 Å². The standard InChI is InChI=1S/C14H23NOS/c1-11(12-5-3-4-6-12)15-9-13-7-8-14(16-13)10-17-2/h7-8,11-12,15H,3-6,9-10H2,1-2H3. The van der Waals surface area contributed by atoms with Gasteiger partial charge in [0.2, 0.25) is 0 Å². The second-order valence-electron chi connectivity index (χ2n) is 5.02. The Morgan fingerprint density at radius 1 is 1.35 bits per heavy atom. The summed E-state index contributed by atoms with van der Waals surface area (Å²) in [5.41, 5.74) is 0. The zero-order valence-electron chi connectivity index (χ0n) is 10.9. The van der Waals surface area contributed by atoms with Gasteiger partial charge in [0.15, 0.2) is 0 Å². The lowest BCUT2D eigenvalue weighted by atomic mass is 10.00. The second-order valence-corrected chi connectivity index (χ2v) is 5.88. The van der Waals surface area contributed by atoms with E-state index in [-0.39, 0.29) is 0 Å². The third kappa shape index (κ3) is 3.78. The van der Waals surface area contributed by atoms with Crippen LogP contribution in [0.15, 0.2) is 16.5 Å². The summed E-state index contributed by atoms with van der Waals surface area (Å²) < 4.78 is 5.75. The van der Waals surface area contributed by atoms with Crippen LogP contribution in [-0.2, 0) is 12.3 Å². The molecule has 1 saturated carbocycles. The molecule has 0 amide bonds. The summed E-state index contributed by atoms with van der Waals surface area (Å²) in [5, 5.41) is 3.60. The highest BCUT2D eigenvalue weighted by molar-refractivity contribution is 7.97. The van der Waals surface area contributed by atoms with Crippen molar-refractivity contribution in [2.45, 2.75) is 50.9 Å². The lowest BCUT2D eigenvalue weighted by Gasteiger charge is -2.19. The molecule has 17 heavy (non-hydrogen) atoms. The monoisotopic (exact) mass is 253 g/mol. The number of nitrogens with one attached hydrogen (secondary N) is 1. The summed E-state index contributed by atoms with van der Waals surface area (Å²) in [5.74, 6) is 4.00. The molecule has 3 heteroatoms. The van der Waals surface area contributed by atoms with Crippen molar-refractivity contribution in [3.8, 4) is 0 Å². The zero-order chi connectivity index (χ0) is 12.1. The fourth-order valence-corrected chi connectivity index (χ4v) is 3.06. The quantitative estimate of drug-likeness (QED) is 0.834. The predicted molar refractivity (Wildman–Crippen MR) is 74.2 cm³/mol. The molecular formula is C14H23NOS. The van der Waals surface area contributed by atoms with Crippen LogP contribution in [-0.4, -0.2) is 12.3 Å². The summed E-state index contributed by atoms with van der Waals surface area (Å²) in [6.45, 7) is 3.17. The van der Waals surface area contributed by atoms with Gasteiger partial charge in [-0.3, -0.25) is 0 Å². The molecule has 1 unspecified atom stereocenters. The first-order chi connectivity index (χ1) is 8.29. The molecule has 0 aliphatic heterocycles. The van der Waals surface area contributed by atoms with Gasteiger partial charge in [0.05, 0.1) is 12.3 Å². The first kappa shape index (κ1) is 13.0. The van der Waals surface area contributed by atoms with Crippen LogP contribution in [0.25, 0.3) is 0 Å². The molecule has 1 aliphatic carbocycles. The molecule has 1 heterocycles. The predicted octanol–water partition coefficient (Wildman–Crippen LogP) is 3.81. The minimum Gasteiger partial charge on any atom is -0.464 e. The van der Waals surface area contributed by atoms with Crippen molar-refractivity contribution in [3.05, 3.63) is 23.7 Å². The van der Waals surface area contributed by atoms with Gasteiger partial charge >= 0.3 is 0 Å². The second kappa shape index (κ2) is 6.50. The van der Waals surface area contributed by atoms with Crippen molar-refractivity contribution in [1.82, 2.24) is 5.32 Å². The Morgan fingerprint density at radius 3 is 2.76 bits per heavy atom. The molecule has 1 atom stereocenters. The van der Waals surface area contributed by atoms with Gasteiger partial charge < -0.3 is 9.73 Å². The molecular weight excluding hydrogens is 230 g/mol. The number of hydrogen-bond acceptors (Lipinski definition) is 3. The maximum atomic E-state index is 5.75. The molecule has 0 saturated heterocycles. The maximum Gasteiger partial charge on any atom is 0.118 e. The molecule has 0 spiro atoms. The highest BCUT2D eigenvalue weighted by Gasteiger charge is 2.21. The number of furan rings is 1. The molecule has 0 bridgehead atoms. The molecule has 1 aromatic rings. The summed E-state index contributed by atoms with van der Waals surface area (Å²) in [6, 6.07) is 4.81. The van der Waals surface area contributed by atoms with E-state index in [2.05, 4.69) is 30.6 Å². The van der Waals surface area contributed by atoms with E-state index in [0.29, 0.717) is 6.04 Å². The molecule has 1 N–H and O–H groups in total. The summed E-state index contributed by atoms with van der Waals surface area (Å²) in [7, 11) is 0. The molecule has 1 fully saturated rings. The lowest BCUT2D eigenvalue weighted by Crippen LogP contribution is -2.31. The molecule has 96 valence electrons. The van der Waals surface area contributed by atoms with Crippen LogP contribution in [0.5, 0.6) is 0 Å². The Labute approximate surface area is 109 Å². The SMILES string of the molecule is CSCc1ccc(CNC(C)C2CCCC2)o1. The Balaban J connectivity index is 1.76. The Kier molecular flexibility index (Phi) is 4.99. The van der Waals surface area contributed by atoms with E-state index in [1.807, 2.05) is 0 Å². The minimum absolute atomic E-state index is 0.617. The van der Waals surface area contributed by atoms with Crippen LogP contribution in [0.4, 0.5) is 0 Å². The van der Waals surface area contributed by atoms with E-state index in [1.165, 1.54) is 25.7 Å². The summed E-state index contributed by atoms with van der Waals surface area (Å²) in [4.78, 5) is 0. The highest BCUT2D eigenvalue weighted by atomic mass is 32.2. The van der Waals surface area contributed by atoms with Crippen LogP contribution >= 0.6 is 11.8 Å². The highest BCUT2D eigenvalue weighted by Crippen LogP contribution is 2.27. The van der Waals surface area contributed by atoms with E-state index < -0.39 is 0 Å². The van der Waals surface area contributed by atoms with E-state index in [4.69, 9.17) is 4.42 Å². The fraction of sp³-hybridized carbons (Fsp3) is 0.714. The average molecular weight is 253 g/mol. The van der Waals surface area contributed by atoms with Crippen LogP contribution in [0.2, 0.25) is 0 Å². The van der Waals surface area contributed by atoms with Gasteiger partial charge in [-0.15, -0.1) is 0 Å². The van der Waals surface area contributed by atoms with Gasteiger partial charge in [-0.25, -0.2) is 0 Å². The van der Waals surface area contributed by atoms with Crippen LogP contribution in [0.1, 0.15) is 44.1 Å². The summed E-state index contributed by atoms with van der Waals surface area (Å²) in [6.07, 6.45) is 7.71. The molecule has 1 aliphatic rings. The minimum atomic E-state index is 0.617. The van der Waals surface area contributed by atoms with Crippen molar-refractivity contribution in [2.24, 2.45) is 5.92 Å². The van der Waals surface area contributed by atoms with Crippen molar-refractivity contribution in [1.29, 1.82) is 0 Å². The van der Waals surface area contributed by atoms with Gasteiger partial charge in [-0.1, -0.05) is 12.8 Å². The fourth-order valence-electron chi connectivity index (χ4n) is 2.62. The average Bonchev–Trinajstić information content (AvgIpc) is 2.97. The van der Waals surface area contributed by atoms with Crippen LogP contribution in [0.3, 0.4) is 0 Å². The number of thioether (sulfide) groups is 1. The number of rotatable bonds is 6. The van der Waals surface area contributed by atoms with Gasteiger partial charge in [-0.05, 0) is 44.1 Å². The maximum absolute atomic E-state index is 5.75. The summed E-state index contributed by atoms with van der Waals surface area (Å²) >= 11 is 1.80. The van der Waals surface area contributed by atoms with Crippen molar-refractivity contribution in [3.63, 3.8) is 0 Å². The van der Waals surface area contributed by atoms with Gasteiger partial charge in [0.1, 0.15) is 11.5 Å². The molecule has 0 aromatic carbocycles. The first-order valence-electron chi connectivity index (χ1n) is 6.59. The normalized spacial score (nSPS) is 18.7. The van der Waals surface area contributed by atoms with Crippen molar-refractivity contribution >= 4 is 11.8 Å². The Morgan fingerprint density at radius 2 is 2.06 bits per heavy atom. The Hall–Kier alpha value is -0.410. The Bertz CT molecular complexity index is 331. The smallest absolute Gasteiger partial charge is 0.118 e. The van der Waals surface area contributed by atoms with Crippen molar-refractivity contribution < 1.29 is 4.42 Å². The molecule has 2 nitrogen and oxygen atoms in total. The first-order valence-corrected chi connectivity index (χ1v) is 7.99. The number of hydrogen-bond donors (Lipinski definition) is 1. The third-order valence-corrected chi connectivity index (χ3v) is 4.28. The van der Waals surface area contributed by atoms with Crippen molar-refractivity contribution in [2.75, 3.05) is 6.26 Å². The lowest BCUT2D eigenvalue weighted by molar-refractivity contribution is 0.359. The molecule has 1 aromatic heterocycles. The topological polar surface area (TPSA) is 25.2 Å². The van der Waals surface area contributed by atoms with E-state index in [9.17, 15) is 0 Å². The van der Waals surface area contributed by atoms with Crippen LogP contribution in [0, 0.1) is 5.92 Å². The zero-order valence-corrected chi connectivity index (χ0v) is 11.7. The molecule has 0 radical (unpaired) electrons.